The Hall–Kier alpha value is -3.02. The van der Waals surface area contributed by atoms with Gasteiger partial charge >= 0.3 is 5.97 Å². The molecule has 1 heterocycles. The third kappa shape index (κ3) is 3.09. The predicted molar refractivity (Wildman–Crippen MR) is 100 cm³/mol. The van der Waals surface area contributed by atoms with Crippen LogP contribution in [-0.4, -0.2) is 17.8 Å². The van der Waals surface area contributed by atoms with Gasteiger partial charge in [0.05, 0.1) is 23.1 Å². The molecule has 5 nitrogen and oxygen atoms in total. The van der Waals surface area contributed by atoms with Gasteiger partial charge in [-0.1, -0.05) is 31.2 Å². The van der Waals surface area contributed by atoms with E-state index in [1.165, 1.54) is 30.3 Å². The SMILES string of the molecule is C[C@@H]1CC[C@@H]2C(=O)N(c3ccccc3OC(=O)c3ccccc3F)C(=O)[C@@H]2C1. The number of carbonyl (C=O) groups excluding carboxylic acids is 3. The first-order valence-electron chi connectivity index (χ1n) is 9.41. The van der Waals surface area contributed by atoms with Crippen LogP contribution in [0.15, 0.2) is 48.5 Å². The zero-order valence-corrected chi connectivity index (χ0v) is 15.4. The van der Waals surface area contributed by atoms with E-state index in [0.29, 0.717) is 18.8 Å². The van der Waals surface area contributed by atoms with Gasteiger partial charge in [-0.2, -0.15) is 0 Å². The van der Waals surface area contributed by atoms with E-state index in [0.717, 1.165) is 11.3 Å². The number of para-hydroxylation sites is 2. The molecule has 1 aliphatic heterocycles. The molecule has 1 aliphatic carbocycles. The molecule has 2 aromatic rings. The maximum absolute atomic E-state index is 13.9. The van der Waals surface area contributed by atoms with Crippen molar-refractivity contribution in [1.29, 1.82) is 0 Å². The minimum Gasteiger partial charge on any atom is -0.421 e. The highest BCUT2D eigenvalue weighted by Gasteiger charge is 2.50. The van der Waals surface area contributed by atoms with Gasteiger partial charge in [-0.3, -0.25) is 9.59 Å². The van der Waals surface area contributed by atoms with Gasteiger partial charge in [-0.05, 0) is 49.4 Å². The third-order valence-corrected chi connectivity index (χ3v) is 5.59. The van der Waals surface area contributed by atoms with Crippen molar-refractivity contribution >= 4 is 23.5 Å². The van der Waals surface area contributed by atoms with Crippen molar-refractivity contribution in [2.45, 2.75) is 26.2 Å². The number of halogens is 1. The number of carbonyl (C=O) groups is 3. The average molecular weight is 381 g/mol. The Morgan fingerprint density at radius 2 is 1.68 bits per heavy atom. The molecule has 2 fully saturated rings. The van der Waals surface area contributed by atoms with E-state index in [1.54, 1.807) is 18.2 Å². The summed E-state index contributed by atoms with van der Waals surface area (Å²) in [6, 6.07) is 11.9. The van der Waals surface area contributed by atoms with Crippen LogP contribution in [0.1, 0.15) is 36.5 Å². The monoisotopic (exact) mass is 381 g/mol. The smallest absolute Gasteiger partial charge is 0.346 e. The van der Waals surface area contributed by atoms with Crippen molar-refractivity contribution in [2.24, 2.45) is 17.8 Å². The lowest BCUT2D eigenvalue weighted by Gasteiger charge is -2.25. The fourth-order valence-electron chi connectivity index (χ4n) is 4.14. The van der Waals surface area contributed by atoms with E-state index in [9.17, 15) is 18.8 Å². The highest BCUT2D eigenvalue weighted by atomic mass is 19.1. The summed E-state index contributed by atoms with van der Waals surface area (Å²) in [5, 5.41) is 0. The molecule has 0 spiro atoms. The third-order valence-electron chi connectivity index (χ3n) is 5.59. The molecule has 6 heteroatoms. The van der Waals surface area contributed by atoms with Gasteiger partial charge in [0, 0.05) is 0 Å². The Balaban J connectivity index is 1.65. The van der Waals surface area contributed by atoms with Crippen LogP contribution in [-0.2, 0) is 9.59 Å². The minimum absolute atomic E-state index is 0.0594. The van der Waals surface area contributed by atoms with Crippen molar-refractivity contribution in [1.82, 2.24) is 0 Å². The molecule has 0 aromatic heterocycles. The molecule has 2 aromatic carbocycles. The highest BCUT2D eigenvalue weighted by Crippen LogP contribution is 2.44. The van der Waals surface area contributed by atoms with Crippen LogP contribution in [0.25, 0.3) is 0 Å². The first kappa shape index (κ1) is 18.3. The number of benzene rings is 2. The molecule has 0 unspecified atom stereocenters. The van der Waals surface area contributed by atoms with Crippen molar-refractivity contribution in [2.75, 3.05) is 4.90 Å². The summed E-state index contributed by atoms with van der Waals surface area (Å²) < 4.78 is 19.3. The zero-order chi connectivity index (χ0) is 19.8. The maximum Gasteiger partial charge on any atom is 0.346 e. The lowest BCUT2D eigenvalue weighted by Crippen LogP contribution is -2.31. The molecule has 2 amide bonds. The topological polar surface area (TPSA) is 63.7 Å². The van der Waals surface area contributed by atoms with Crippen LogP contribution < -0.4 is 9.64 Å². The van der Waals surface area contributed by atoms with Gasteiger partial charge < -0.3 is 4.74 Å². The Kier molecular flexibility index (Phi) is 4.71. The first-order chi connectivity index (χ1) is 13.5. The highest BCUT2D eigenvalue weighted by molar-refractivity contribution is 6.22. The fourth-order valence-corrected chi connectivity index (χ4v) is 4.14. The molecule has 0 N–H and O–H groups in total. The molecule has 4 rings (SSSR count). The molecular formula is C22H20FNO4. The summed E-state index contributed by atoms with van der Waals surface area (Å²) in [6.45, 7) is 2.08. The molecule has 2 aliphatic rings. The standard InChI is InChI=1S/C22H20FNO4/c1-13-10-11-14-16(12-13)21(26)24(20(14)25)18-8-4-5-9-19(18)28-22(27)15-6-2-3-7-17(15)23/h2-9,13-14,16H,10-12H2,1H3/t13-,14+,16-/m1/s1. The van der Waals surface area contributed by atoms with Gasteiger partial charge in [0.1, 0.15) is 5.82 Å². The van der Waals surface area contributed by atoms with Gasteiger partial charge in [0.2, 0.25) is 11.8 Å². The fraction of sp³-hybridized carbons (Fsp3) is 0.318. The quantitative estimate of drug-likeness (QED) is 0.458. The minimum atomic E-state index is -0.879. The molecule has 0 radical (unpaired) electrons. The second-order valence-electron chi connectivity index (χ2n) is 7.48. The van der Waals surface area contributed by atoms with Crippen LogP contribution in [0.2, 0.25) is 0 Å². The van der Waals surface area contributed by atoms with Gasteiger partial charge in [0.15, 0.2) is 5.75 Å². The van der Waals surface area contributed by atoms with Crippen molar-refractivity contribution in [3.8, 4) is 5.75 Å². The van der Waals surface area contributed by atoms with Crippen LogP contribution in [0.4, 0.5) is 10.1 Å². The molecule has 1 saturated heterocycles. The first-order valence-corrected chi connectivity index (χ1v) is 9.41. The number of hydrogen-bond acceptors (Lipinski definition) is 4. The number of esters is 1. The van der Waals surface area contributed by atoms with Gasteiger partial charge in [-0.15, -0.1) is 0 Å². The second-order valence-corrected chi connectivity index (χ2v) is 7.48. The second kappa shape index (κ2) is 7.19. The number of hydrogen-bond donors (Lipinski definition) is 0. The average Bonchev–Trinajstić information content (AvgIpc) is 2.92. The van der Waals surface area contributed by atoms with Crippen LogP contribution in [0, 0.1) is 23.6 Å². The summed E-state index contributed by atoms with van der Waals surface area (Å²) in [5.74, 6) is -2.27. The van der Waals surface area contributed by atoms with E-state index in [4.69, 9.17) is 4.74 Å². The van der Waals surface area contributed by atoms with Crippen molar-refractivity contribution in [3.05, 3.63) is 59.9 Å². The number of rotatable bonds is 3. The Morgan fingerprint density at radius 3 is 2.46 bits per heavy atom. The lowest BCUT2D eigenvalue weighted by atomic mass is 9.76. The van der Waals surface area contributed by atoms with E-state index in [1.807, 2.05) is 0 Å². The van der Waals surface area contributed by atoms with E-state index < -0.39 is 11.8 Å². The Morgan fingerprint density at radius 1 is 1.00 bits per heavy atom. The zero-order valence-electron chi connectivity index (χ0n) is 15.4. The number of ether oxygens (including phenoxy) is 1. The predicted octanol–water partition coefficient (Wildman–Crippen LogP) is 3.97. The normalized spacial score (nSPS) is 24.2. The van der Waals surface area contributed by atoms with Crippen LogP contribution in [0.5, 0.6) is 5.75 Å². The summed E-state index contributed by atoms with van der Waals surface area (Å²) >= 11 is 0. The van der Waals surface area contributed by atoms with E-state index in [-0.39, 0.29) is 40.7 Å². The number of amides is 2. The Labute approximate surface area is 162 Å². The maximum atomic E-state index is 13.9. The van der Waals surface area contributed by atoms with Crippen LogP contribution in [0.3, 0.4) is 0 Å². The van der Waals surface area contributed by atoms with E-state index in [2.05, 4.69) is 6.92 Å². The van der Waals surface area contributed by atoms with E-state index >= 15 is 0 Å². The largest absolute Gasteiger partial charge is 0.421 e. The molecule has 144 valence electrons. The van der Waals surface area contributed by atoms with Crippen LogP contribution >= 0.6 is 0 Å². The lowest BCUT2D eigenvalue weighted by molar-refractivity contribution is -0.122. The molecule has 1 saturated carbocycles. The van der Waals surface area contributed by atoms with Crippen molar-refractivity contribution in [3.63, 3.8) is 0 Å². The molecular weight excluding hydrogens is 361 g/mol. The molecule has 3 atom stereocenters. The summed E-state index contributed by atoms with van der Waals surface area (Å²) in [7, 11) is 0. The Bertz CT molecular complexity index is 957. The summed E-state index contributed by atoms with van der Waals surface area (Å²) in [6.07, 6.45) is 2.28. The van der Waals surface area contributed by atoms with Crippen molar-refractivity contribution < 1.29 is 23.5 Å². The summed E-state index contributed by atoms with van der Waals surface area (Å²) in [4.78, 5) is 39.4. The number of anilines is 1. The molecule has 28 heavy (non-hydrogen) atoms. The number of fused-ring (bicyclic) bond motifs is 1. The number of nitrogens with zero attached hydrogens (tertiary/aromatic N) is 1. The number of imide groups is 1. The summed E-state index contributed by atoms with van der Waals surface area (Å²) in [5.41, 5.74) is 0.0168. The van der Waals surface area contributed by atoms with Gasteiger partial charge in [-0.25, -0.2) is 14.1 Å². The van der Waals surface area contributed by atoms with Gasteiger partial charge in [0.25, 0.3) is 0 Å². The molecule has 0 bridgehead atoms.